The standard InChI is InChI=1S/C20H26FNO2Si/c1-20(2,3)25(4,5)24-11-7-6-8-18-17-10-9-16(21)12-15(17)13-22-19(18)14-23/h9-10,12-13,23H,7,11,14H2,1-5H3. The van der Waals surface area contributed by atoms with Gasteiger partial charge in [0.15, 0.2) is 8.32 Å². The third-order valence-corrected chi connectivity index (χ3v) is 9.33. The Morgan fingerprint density at radius 2 is 2.00 bits per heavy atom. The number of fused-ring (bicyclic) bond motifs is 1. The molecule has 5 heteroatoms. The number of hydrogen-bond acceptors (Lipinski definition) is 3. The molecule has 0 saturated carbocycles. The molecule has 0 spiro atoms. The van der Waals surface area contributed by atoms with E-state index < -0.39 is 8.32 Å². The second-order valence-electron chi connectivity index (χ2n) is 7.63. The highest BCUT2D eigenvalue weighted by Crippen LogP contribution is 2.36. The lowest BCUT2D eigenvalue weighted by molar-refractivity contribution is 0.277. The molecular formula is C20H26FNO2Si. The Morgan fingerprint density at radius 3 is 2.64 bits per heavy atom. The molecule has 134 valence electrons. The van der Waals surface area contributed by atoms with E-state index in [1.54, 1.807) is 12.3 Å². The average molecular weight is 360 g/mol. The highest BCUT2D eigenvalue weighted by atomic mass is 28.4. The van der Waals surface area contributed by atoms with Crippen LogP contribution >= 0.6 is 0 Å². The Kier molecular flexibility index (Phi) is 5.99. The van der Waals surface area contributed by atoms with E-state index >= 15 is 0 Å². The molecule has 1 aromatic carbocycles. The molecular weight excluding hydrogens is 333 g/mol. The molecule has 0 aliphatic heterocycles. The third-order valence-electron chi connectivity index (χ3n) is 4.79. The fourth-order valence-electron chi connectivity index (χ4n) is 2.22. The summed E-state index contributed by atoms with van der Waals surface area (Å²) < 4.78 is 19.5. The number of halogens is 1. The molecule has 0 fully saturated rings. The van der Waals surface area contributed by atoms with Crippen molar-refractivity contribution in [3.8, 4) is 11.8 Å². The van der Waals surface area contributed by atoms with Crippen LogP contribution in [0.1, 0.15) is 38.4 Å². The summed E-state index contributed by atoms with van der Waals surface area (Å²) in [6.45, 7) is 11.4. The lowest BCUT2D eigenvalue weighted by atomic mass is 10.0. The van der Waals surface area contributed by atoms with Crippen LogP contribution in [-0.4, -0.2) is 25.0 Å². The van der Waals surface area contributed by atoms with Crippen molar-refractivity contribution in [2.45, 2.75) is 51.9 Å². The first-order valence-corrected chi connectivity index (χ1v) is 11.4. The van der Waals surface area contributed by atoms with Gasteiger partial charge >= 0.3 is 0 Å². The van der Waals surface area contributed by atoms with Crippen molar-refractivity contribution >= 4 is 19.1 Å². The second kappa shape index (κ2) is 7.65. The van der Waals surface area contributed by atoms with Crippen molar-refractivity contribution in [1.29, 1.82) is 0 Å². The van der Waals surface area contributed by atoms with Crippen LogP contribution in [0.15, 0.2) is 24.4 Å². The molecule has 2 rings (SSSR count). The van der Waals surface area contributed by atoms with Crippen LogP contribution in [0.25, 0.3) is 10.8 Å². The van der Waals surface area contributed by atoms with Crippen molar-refractivity contribution < 1.29 is 13.9 Å². The molecule has 0 amide bonds. The highest BCUT2D eigenvalue weighted by molar-refractivity contribution is 6.74. The fourth-order valence-corrected chi connectivity index (χ4v) is 3.26. The maximum Gasteiger partial charge on any atom is 0.192 e. The van der Waals surface area contributed by atoms with Gasteiger partial charge in [-0.3, -0.25) is 4.98 Å². The molecule has 0 saturated heterocycles. The van der Waals surface area contributed by atoms with Gasteiger partial charge in [-0.05, 0) is 30.3 Å². The van der Waals surface area contributed by atoms with E-state index in [0.29, 0.717) is 29.7 Å². The summed E-state index contributed by atoms with van der Waals surface area (Å²) in [5.41, 5.74) is 1.17. The monoisotopic (exact) mass is 359 g/mol. The lowest BCUT2D eigenvalue weighted by Crippen LogP contribution is -2.40. The van der Waals surface area contributed by atoms with E-state index in [0.717, 1.165) is 5.39 Å². The molecule has 1 heterocycles. The van der Waals surface area contributed by atoms with Crippen LogP contribution in [0, 0.1) is 17.7 Å². The number of aliphatic hydroxyl groups is 1. The zero-order chi connectivity index (χ0) is 18.7. The van der Waals surface area contributed by atoms with Gasteiger partial charge in [0.25, 0.3) is 0 Å². The minimum Gasteiger partial charge on any atom is -0.416 e. The van der Waals surface area contributed by atoms with Crippen LogP contribution in [0.3, 0.4) is 0 Å². The smallest absolute Gasteiger partial charge is 0.192 e. The van der Waals surface area contributed by atoms with Crippen molar-refractivity contribution in [2.75, 3.05) is 6.61 Å². The van der Waals surface area contributed by atoms with Gasteiger partial charge in [0.05, 0.1) is 17.9 Å². The van der Waals surface area contributed by atoms with Gasteiger partial charge in [0.1, 0.15) is 5.82 Å². The predicted molar refractivity (Wildman–Crippen MR) is 102 cm³/mol. The first kappa shape index (κ1) is 19.6. The van der Waals surface area contributed by atoms with Crippen molar-refractivity contribution in [1.82, 2.24) is 4.98 Å². The largest absolute Gasteiger partial charge is 0.416 e. The number of nitrogens with zero attached hydrogens (tertiary/aromatic N) is 1. The molecule has 0 radical (unpaired) electrons. The maximum atomic E-state index is 13.4. The zero-order valence-electron chi connectivity index (χ0n) is 15.6. The third kappa shape index (κ3) is 4.66. The second-order valence-corrected chi connectivity index (χ2v) is 12.4. The van der Waals surface area contributed by atoms with Crippen LogP contribution < -0.4 is 0 Å². The molecule has 1 N–H and O–H groups in total. The Hall–Kier alpha value is -1.74. The van der Waals surface area contributed by atoms with Crippen LogP contribution in [0.5, 0.6) is 0 Å². The predicted octanol–water partition coefficient (Wildman–Crippen LogP) is 4.63. The number of rotatable bonds is 4. The van der Waals surface area contributed by atoms with Gasteiger partial charge < -0.3 is 9.53 Å². The summed E-state index contributed by atoms with van der Waals surface area (Å²) in [5, 5.41) is 11.2. The molecule has 0 aliphatic rings. The minimum absolute atomic E-state index is 0.175. The average Bonchev–Trinajstić information content (AvgIpc) is 2.53. The molecule has 0 unspecified atom stereocenters. The summed E-state index contributed by atoms with van der Waals surface area (Å²) in [6, 6.07) is 4.51. The van der Waals surface area contributed by atoms with E-state index in [-0.39, 0.29) is 17.5 Å². The van der Waals surface area contributed by atoms with Gasteiger partial charge in [-0.15, -0.1) is 0 Å². The van der Waals surface area contributed by atoms with Gasteiger partial charge in [0.2, 0.25) is 0 Å². The molecule has 0 aliphatic carbocycles. The Bertz CT molecular complexity index is 816. The quantitative estimate of drug-likeness (QED) is 0.492. The highest BCUT2D eigenvalue weighted by Gasteiger charge is 2.36. The number of pyridine rings is 1. The van der Waals surface area contributed by atoms with E-state index in [9.17, 15) is 9.50 Å². The van der Waals surface area contributed by atoms with Gasteiger partial charge in [-0.2, -0.15) is 0 Å². The van der Waals surface area contributed by atoms with Gasteiger partial charge in [-0.25, -0.2) is 4.39 Å². The molecule has 3 nitrogen and oxygen atoms in total. The minimum atomic E-state index is -1.76. The normalized spacial score (nSPS) is 12.1. The van der Waals surface area contributed by atoms with E-state index in [2.05, 4.69) is 50.7 Å². The number of aliphatic hydroxyl groups excluding tert-OH is 1. The fraction of sp³-hybridized carbons (Fsp3) is 0.450. The number of benzene rings is 1. The summed E-state index contributed by atoms with van der Waals surface area (Å²) >= 11 is 0. The maximum absolute atomic E-state index is 13.4. The molecule has 2 aromatic rings. The van der Waals surface area contributed by atoms with Crippen molar-refractivity contribution in [3.63, 3.8) is 0 Å². The zero-order valence-corrected chi connectivity index (χ0v) is 16.6. The van der Waals surface area contributed by atoms with Crippen molar-refractivity contribution in [3.05, 3.63) is 41.5 Å². The molecule has 1 aromatic heterocycles. The Morgan fingerprint density at radius 1 is 1.28 bits per heavy atom. The van der Waals surface area contributed by atoms with Crippen molar-refractivity contribution in [2.24, 2.45) is 0 Å². The van der Waals surface area contributed by atoms with Gasteiger partial charge in [0, 0.05) is 30.0 Å². The van der Waals surface area contributed by atoms with E-state index in [1.807, 2.05) is 0 Å². The SMILES string of the molecule is CC(C)(C)[Si](C)(C)OCCC#Cc1c(CO)ncc2cc(F)ccc12. The first-order chi connectivity index (χ1) is 11.7. The van der Waals surface area contributed by atoms with Crippen LogP contribution in [-0.2, 0) is 11.0 Å². The summed E-state index contributed by atoms with van der Waals surface area (Å²) in [7, 11) is -1.76. The summed E-state index contributed by atoms with van der Waals surface area (Å²) in [6.07, 6.45) is 2.17. The number of hydrogen-bond donors (Lipinski definition) is 1. The first-order valence-electron chi connectivity index (χ1n) is 8.46. The number of aromatic nitrogens is 1. The van der Waals surface area contributed by atoms with E-state index in [4.69, 9.17) is 4.43 Å². The lowest BCUT2D eigenvalue weighted by Gasteiger charge is -2.35. The van der Waals surface area contributed by atoms with Gasteiger partial charge in [-0.1, -0.05) is 38.7 Å². The molecule has 25 heavy (non-hydrogen) atoms. The topological polar surface area (TPSA) is 42.4 Å². The van der Waals surface area contributed by atoms with Crippen LogP contribution in [0.2, 0.25) is 18.1 Å². The molecule has 0 atom stereocenters. The summed E-state index contributed by atoms with van der Waals surface area (Å²) in [5.74, 6) is 5.89. The van der Waals surface area contributed by atoms with Crippen LogP contribution in [0.4, 0.5) is 4.39 Å². The Labute approximate surface area is 150 Å². The Balaban J connectivity index is 2.17. The molecule has 0 bridgehead atoms. The summed E-state index contributed by atoms with van der Waals surface area (Å²) in [4.78, 5) is 4.19. The van der Waals surface area contributed by atoms with E-state index in [1.165, 1.54) is 12.1 Å².